The number of carbonyl (C=O) groups is 1. The Balaban J connectivity index is 2.42. The quantitative estimate of drug-likeness (QED) is 0.664. The van der Waals surface area contributed by atoms with Gasteiger partial charge in [0.05, 0.1) is 5.69 Å². The normalized spacial score (nSPS) is 20.2. The van der Waals surface area contributed by atoms with Crippen molar-refractivity contribution in [3.05, 3.63) is 24.0 Å². The van der Waals surface area contributed by atoms with E-state index >= 15 is 0 Å². The second-order valence-electron chi connectivity index (χ2n) is 2.56. The Hall–Kier alpha value is -1.65. The Morgan fingerprint density at radius 1 is 1.46 bits per heavy atom. The van der Waals surface area contributed by atoms with Crippen LogP contribution in [0.5, 0.6) is 5.75 Å². The standard InChI is InChI=1S/C8H5F2NO2/c9-4-1-2-5-6(3-4)13-7(10)8(12)11-5/h1-3,7H,(H,11,12). The van der Waals surface area contributed by atoms with Gasteiger partial charge >= 0.3 is 6.36 Å². The van der Waals surface area contributed by atoms with Crippen LogP contribution in [0, 0.1) is 5.82 Å². The van der Waals surface area contributed by atoms with E-state index in [-0.39, 0.29) is 11.4 Å². The van der Waals surface area contributed by atoms with Gasteiger partial charge in [-0.25, -0.2) is 4.39 Å². The molecule has 0 saturated heterocycles. The van der Waals surface area contributed by atoms with E-state index in [4.69, 9.17) is 0 Å². The number of amides is 1. The average molecular weight is 185 g/mol. The van der Waals surface area contributed by atoms with Gasteiger partial charge in [-0.15, -0.1) is 0 Å². The monoisotopic (exact) mass is 185 g/mol. The van der Waals surface area contributed by atoms with Gasteiger partial charge in [0.1, 0.15) is 11.6 Å². The minimum absolute atomic E-state index is 0.00657. The molecule has 1 aromatic carbocycles. The van der Waals surface area contributed by atoms with Gasteiger partial charge in [0.25, 0.3) is 5.91 Å². The minimum atomic E-state index is -2.06. The summed E-state index contributed by atoms with van der Waals surface area (Å²) in [4.78, 5) is 10.7. The third-order valence-electron chi connectivity index (χ3n) is 1.64. The number of nitrogens with one attached hydrogen (secondary N) is 1. The van der Waals surface area contributed by atoms with Crippen molar-refractivity contribution in [3.8, 4) is 5.75 Å². The summed E-state index contributed by atoms with van der Waals surface area (Å²) in [7, 11) is 0. The van der Waals surface area contributed by atoms with Crippen molar-refractivity contribution in [2.24, 2.45) is 0 Å². The Morgan fingerprint density at radius 3 is 3.00 bits per heavy atom. The zero-order valence-corrected chi connectivity index (χ0v) is 6.38. The Kier molecular flexibility index (Phi) is 1.65. The van der Waals surface area contributed by atoms with E-state index in [1.807, 2.05) is 0 Å². The second kappa shape index (κ2) is 2.69. The van der Waals surface area contributed by atoms with Gasteiger partial charge in [0, 0.05) is 6.07 Å². The molecule has 3 nitrogen and oxygen atoms in total. The summed E-state index contributed by atoms with van der Waals surface area (Å²) in [5, 5.41) is 2.23. The molecule has 2 rings (SSSR count). The van der Waals surface area contributed by atoms with Crippen molar-refractivity contribution in [1.29, 1.82) is 0 Å². The third kappa shape index (κ3) is 1.32. The summed E-state index contributed by atoms with van der Waals surface area (Å²) in [6.45, 7) is 0. The molecule has 0 radical (unpaired) electrons. The van der Waals surface area contributed by atoms with Gasteiger partial charge in [-0.1, -0.05) is 0 Å². The third-order valence-corrected chi connectivity index (χ3v) is 1.64. The summed E-state index contributed by atoms with van der Waals surface area (Å²) in [5.74, 6) is -1.41. The number of ether oxygens (including phenoxy) is 1. The SMILES string of the molecule is O=C1Nc2ccc(F)cc2OC1F. The van der Waals surface area contributed by atoms with Gasteiger partial charge in [-0.05, 0) is 12.1 Å². The molecule has 0 fully saturated rings. The molecule has 0 bridgehead atoms. The number of fused-ring (bicyclic) bond motifs is 1. The first-order chi connectivity index (χ1) is 6.16. The van der Waals surface area contributed by atoms with Crippen molar-refractivity contribution in [1.82, 2.24) is 0 Å². The van der Waals surface area contributed by atoms with Crippen LogP contribution in [-0.4, -0.2) is 12.3 Å². The summed E-state index contributed by atoms with van der Waals surface area (Å²) < 4.78 is 29.7. The molecule has 1 amide bonds. The van der Waals surface area contributed by atoms with E-state index in [0.717, 1.165) is 12.1 Å². The van der Waals surface area contributed by atoms with Gasteiger partial charge in [0.15, 0.2) is 0 Å². The molecule has 13 heavy (non-hydrogen) atoms. The van der Waals surface area contributed by atoms with Crippen LogP contribution in [0.15, 0.2) is 18.2 Å². The first kappa shape index (κ1) is 7.97. The summed E-state index contributed by atoms with van der Waals surface area (Å²) in [5.41, 5.74) is 0.278. The lowest BCUT2D eigenvalue weighted by atomic mass is 10.2. The van der Waals surface area contributed by atoms with E-state index in [2.05, 4.69) is 10.1 Å². The lowest BCUT2D eigenvalue weighted by molar-refractivity contribution is -0.130. The van der Waals surface area contributed by atoms with Crippen molar-refractivity contribution in [2.45, 2.75) is 6.36 Å². The highest BCUT2D eigenvalue weighted by Crippen LogP contribution is 2.30. The molecule has 1 aliphatic rings. The van der Waals surface area contributed by atoms with Crippen LogP contribution in [0.2, 0.25) is 0 Å². The zero-order chi connectivity index (χ0) is 9.42. The van der Waals surface area contributed by atoms with Crippen molar-refractivity contribution < 1.29 is 18.3 Å². The van der Waals surface area contributed by atoms with Crippen molar-refractivity contribution in [3.63, 3.8) is 0 Å². The lowest BCUT2D eigenvalue weighted by Gasteiger charge is -2.20. The van der Waals surface area contributed by atoms with Crippen LogP contribution in [0.1, 0.15) is 0 Å². The number of rotatable bonds is 0. The highest BCUT2D eigenvalue weighted by Gasteiger charge is 2.26. The lowest BCUT2D eigenvalue weighted by Crippen LogP contribution is -2.33. The minimum Gasteiger partial charge on any atom is -0.449 e. The molecule has 5 heteroatoms. The molecule has 0 spiro atoms. The fraction of sp³-hybridized carbons (Fsp3) is 0.125. The van der Waals surface area contributed by atoms with E-state index in [1.165, 1.54) is 6.07 Å². The van der Waals surface area contributed by atoms with Crippen LogP contribution < -0.4 is 10.1 Å². The Bertz CT molecular complexity index is 367. The molecule has 0 saturated carbocycles. The van der Waals surface area contributed by atoms with E-state index in [0.29, 0.717) is 0 Å². The van der Waals surface area contributed by atoms with Gasteiger partial charge in [-0.3, -0.25) is 4.79 Å². The second-order valence-corrected chi connectivity index (χ2v) is 2.56. The fourth-order valence-electron chi connectivity index (χ4n) is 1.05. The van der Waals surface area contributed by atoms with Crippen LogP contribution in [0.3, 0.4) is 0 Å². The van der Waals surface area contributed by atoms with Crippen LogP contribution >= 0.6 is 0 Å². The molecular formula is C8H5F2NO2. The smallest absolute Gasteiger partial charge is 0.317 e. The largest absolute Gasteiger partial charge is 0.449 e. The predicted molar refractivity (Wildman–Crippen MR) is 40.6 cm³/mol. The molecule has 1 aromatic rings. The van der Waals surface area contributed by atoms with Gasteiger partial charge in [-0.2, -0.15) is 4.39 Å². The molecule has 1 aliphatic heterocycles. The number of hydrogen-bond donors (Lipinski definition) is 1. The molecule has 0 aromatic heterocycles. The topological polar surface area (TPSA) is 38.3 Å². The van der Waals surface area contributed by atoms with Gasteiger partial charge < -0.3 is 10.1 Å². The maximum absolute atomic E-state index is 12.6. The maximum Gasteiger partial charge on any atom is 0.317 e. The van der Waals surface area contributed by atoms with Gasteiger partial charge in [0.2, 0.25) is 0 Å². The number of anilines is 1. The Labute approximate surface area is 72.3 Å². The van der Waals surface area contributed by atoms with Crippen molar-refractivity contribution >= 4 is 11.6 Å². The zero-order valence-electron chi connectivity index (χ0n) is 6.38. The first-order valence-corrected chi connectivity index (χ1v) is 3.58. The van der Waals surface area contributed by atoms with Crippen LogP contribution in [-0.2, 0) is 4.79 Å². The maximum atomic E-state index is 12.6. The summed E-state index contributed by atoms with van der Waals surface area (Å²) in [6, 6.07) is 3.48. The number of carbonyl (C=O) groups excluding carboxylic acids is 1. The molecule has 0 aliphatic carbocycles. The van der Waals surface area contributed by atoms with E-state index in [9.17, 15) is 13.6 Å². The molecule has 1 N–H and O–H groups in total. The van der Waals surface area contributed by atoms with E-state index in [1.54, 1.807) is 0 Å². The van der Waals surface area contributed by atoms with Crippen molar-refractivity contribution in [2.75, 3.05) is 5.32 Å². The van der Waals surface area contributed by atoms with Crippen LogP contribution in [0.4, 0.5) is 14.5 Å². The summed E-state index contributed by atoms with van der Waals surface area (Å²) >= 11 is 0. The molecule has 1 unspecified atom stereocenters. The Morgan fingerprint density at radius 2 is 2.23 bits per heavy atom. The predicted octanol–water partition coefficient (Wildman–Crippen LogP) is 1.45. The number of alkyl halides is 1. The number of hydrogen-bond acceptors (Lipinski definition) is 2. The first-order valence-electron chi connectivity index (χ1n) is 3.58. The number of halogens is 2. The average Bonchev–Trinajstić information content (AvgIpc) is 2.08. The molecule has 68 valence electrons. The highest BCUT2D eigenvalue weighted by atomic mass is 19.1. The molecular weight excluding hydrogens is 180 g/mol. The molecule has 1 atom stereocenters. The number of benzene rings is 1. The van der Waals surface area contributed by atoms with E-state index < -0.39 is 18.1 Å². The molecule has 1 heterocycles. The van der Waals surface area contributed by atoms with Crippen LogP contribution in [0.25, 0.3) is 0 Å². The highest BCUT2D eigenvalue weighted by molar-refractivity contribution is 5.96. The summed E-state index contributed by atoms with van der Waals surface area (Å²) in [6.07, 6.45) is -2.06. The fourth-order valence-corrected chi connectivity index (χ4v) is 1.05.